The highest BCUT2D eigenvalue weighted by molar-refractivity contribution is 5.38. The van der Waals surface area contributed by atoms with Crippen molar-refractivity contribution in [2.75, 3.05) is 6.61 Å². The van der Waals surface area contributed by atoms with Crippen molar-refractivity contribution in [1.29, 1.82) is 0 Å². The molecule has 0 amide bonds. The summed E-state index contributed by atoms with van der Waals surface area (Å²) in [5.41, 5.74) is 1.91. The van der Waals surface area contributed by atoms with E-state index in [-0.39, 0.29) is 12.2 Å². The first kappa shape index (κ1) is 8.96. The summed E-state index contributed by atoms with van der Waals surface area (Å²) in [5, 5.41) is 12.9. The Bertz CT molecular complexity index is 512. The molecule has 0 bridgehead atoms. The number of aliphatic hydroxyl groups is 1. The van der Waals surface area contributed by atoms with E-state index in [0.717, 1.165) is 5.69 Å². The Morgan fingerprint density at radius 1 is 1.64 bits per heavy atom. The molecule has 0 saturated carbocycles. The Morgan fingerprint density at radius 2 is 2.43 bits per heavy atom. The summed E-state index contributed by atoms with van der Waals surface area (Å²) in [6, 6.07) is 1.80. The fraction of sp³-hybridized carbons (Fsp3) is 0.333. The van der Waals surface area contributed by atoms with Crippen molar-refractivity contribution in [3.05, 3.63) is 33.9 Å². The van der Waals surface area contributed by atoms with Gasteiger partial charge in [-0.25, -0.2) is 4.52 Å². The lowest BCUT2D eigenvalue weighted by Gasteiger charge is -1.98. The van der Waals surface area contributed by atoms with Crippen molar-refractivity contribution >= 4 is 5.65 Å². The average molecular weight is 193 g/mol. The fourth-order valence-corrected chi connectivity index (χ4v) is 1.41. The van der Waals surface area contributed by atoms with Crippen LogP contribution in [0.2, 0.25) is 0 Å². The largest absolute Gasteiger partial charge is 0.396 e. The molecule has 5 heteroatoms. The molecule has 0 aliphatic rings. The minimum absolute atomic E-state index is 0.0329. The molecule has 74 valence electrons. The number of aromatic amines is 1. The molecule has 0 spiro atoms. The monoisotopic (exact) mass is 193 g/mol. The normalized spacial score (nSPS) is 11.0. The molecule has 5 nitrogen and oxygen atoms in total. The summed E-state index contributed by atoms with van der Waals surface area (Å²) in [6.07, 6.45) is 2.00. The molecule has 0 atom stereocenters. The van der Waals surface area contributed by atoms with Gasteiger partial charge in [-0.2, -0.15) is 5.10 Å². The van der Waals surface area contributed by atoms with E-state index in [2.05, 4.69) is 10.1 Å². The van der Waals surface area contributed by atoms with E-state index in [1.807, 2.05) is 6.92 Å². The summed E-state index contributed by atoms with van der Waals surface area (Å²) < 4.78 is 1.61. The highest BCUT2D eigenvalue weighted by Crippen LogP contribution is 2.01. The third-order valence-corrected chi connectivity index (χ3v) is 2.05. The zero-order valence-electron chi connectivity index (χ0n) is 7.82. The van der Waals surface area contributed by atoms with Crippen LogP contribution in [0.3, 0.4) is 0 Å². The molecule has 0 unspecified atom stereocenters. The molecular formula is C9H11N3O2. The van der Waals surface area contributed by atoms with E-state index in [4.69, 9.17) is 5.11 Å². The van der Waals surface area contributed by atoms with Gasteiger partial charge < -0.3 is 10.1 Å². The number of rotatable bonds is 2. The molecule has 2 rings (SSSR count). The predicted molar refractivity (Wildman–Crippen MR) is 51.3 cm³/mol. The Morgan fingerprint density at radius 3 is 3.14 bits per heavy atom. The smallest absolute Gasteiger partial charge is 0.254 e. The van der Waals surface area contributed by atoms with Crippen LogP contribution in [0.15, 0.2) is 17.1 Å². The first-order chi connectivity index (χ1) is 6.70. The summed E-state index contributed by atoms with van der Waals surface area (Å²) in [7, 11) is 0. The number of nitrogens with one attached hydrogen (secondary N) is 1. The number of aliphatic hydroxyl groups excluding tert-OH is 1. The average Bonchev–Trinajstić information content (AvgIpc) is 2.45. The molecule has 0 aromatic carbocycles. The number of aromatic nitrogens is 3. The van der Waals surface area contributed by atoms with E-state index < -0.39 is 0 Å². The highest BCUT2D eigenvalue weighted by Gasteiger charge is 2.03. The van der Waals surface area contributed by atoms with Crippen LogP contribution in [0.4, 0.5) is 0 Å². The van der Waals surface area contributed by atoms with Gasteiger partial charge in [0.15, 0.2) is 0 Å². The topological polar surface area (TPSA) is 70.4 Å². The van der Waals surface area contributed by atoms with Gasteiger partial charge in [-0.3, -0.25) is 4.79 Å². The molecule has 0 fully saturated rings. The van der Waals surface area contributed by atoms with Crippen molar-refractivity contribution < 1.29 is 5.11 Å². The maximum absolute atomic E-state index is 11.4. The SMILES string of the molecule is Cc1cc2[nH]c(=O)c(CCO)cn2n1. The van der Waals surface area contributed by atoms with Crippen LogP contribution in [0.25, 0.3) is 5.65 Å². The Hall–Kier alpha value is -1.62. The Kier molecular flexibility index (Phi) is 2.09. The van der Waals surface area contributed by atoms with Gasteiger partial charge in [0.1, 0.15) is 5.65 Å². The molecule has 0 saturated heterocycles. The standard InChI is InChI=1S/C9H11N3O2/c1-6-4-8-10-9(14)7(2-3-13)5-12(8)11-6/h4-5,13H,2-3H2,1H3,(H,10,14). The minimum atomic E-state index is -0.161. The summed E-state index contributed by atoms with van der Waals surface area (Å²) in [5.74, 6) is 0. The molecule has 2 aromatic heterocycles. The van der Waals surface area contributed by atoms with Gasteiger partial charge in [-0.05, 0) is 6.92 Å². The van der Waals surface area contributed by atoms with Crippen LogP contribution in [0.5, 0.6) is 0 Å². The second-order valence-corrected chi connectivity index (χ2v) is 3.20. The predicted octanol–water partition coefficient (Wildman–Crippen LogP) is -0.134. The van der Waals surface area contributed by atoms with Crippen molar-refractivity contribution in [2.45, 2.75) is 13.3 Å². The van der Waals surface area contributed by atoms with E-state index in [1.54, 1.807) is 16.8 Å². The third kappa shape index (κ3) is 1.42. The van der Waals surface area contributed by atoms with E-state index in [0.29, 0.717) is 17.6 Å². The lowest BCUT2D eigenvalue weighted by atomic mass is 10.2. The van der Waals surface area contributed by atoms with Gasteiger partial charge in [0.05, 0.1) is 5.69 Å². The summed E-state index contributed by atoms with van der Waals surface area (Å²) >= 11 is 0. The first-order valence-corrected chi connectivity index (χ1v) is 4.40. The molecular weight excluding hydrogens is 182 g/mol. The number of hydrogen-bond donors (Lipinski definition) is 2. The van der Waals surface area contributed by atoms with Crippen LogP contribution >= 0.6 is 0 Å². The van der Waals surface area contributed by atoms with Gasteiger partial charge in [-0.1, -0.05) is 0 Å². The fourth-order valence-electron chi connectivity index (χ4n) is 1.41. The quantitative estimate of drug-likeness (QED) is 0.697. The van der Waals surface area contributed by atoms with Crippen molar-refractivity contribution in [3.8, 4) is 0 Å². The van der Waals surface area contributed by atoms with Gasteiger partial charge in [0.2, 0.25) is 0 Å². The maximum Gasteiger partial charge on any atom is 0.254 e. The van der Waals surface area contributed by atoms with Crippen molar-refractivity contribution in [3.63, 3.8) is 0 Å². The highest BCUT2D eigenvalue weighted by atomic mass is 16.3. The number of fused-ring (bicyclic) bond motifs is 1. The third-order valence-electron chi connectivity index (χ3n) is 2.05. The van der Waals surface area contributed by atoms with Crippen molar-refractivity contribution in [1.82, 2.24) is 14.6 Å². The number of nitrogens with zero attached hydrogens (tertiary/aromatic N) is 2. The molecule has 2 heterocycles. The van der Waals surface area contributed by atoms with Crippen LogP contribution in [0.1, 0.15) is 11.3 Å². The minimum Gasteiger partial charge on any atom is -0.396 e. The maximum atomic E-state index is 11.4. The molecule has 14 heavy (non-hydrogen) atoms. The van der Waals surface area contributed by atoms with Crippen LogP contribution in [-0.4, -0.2) is 26.3 Å². The second-order valence-electron chi connectivity index (χ2n) is 3.20. The molecule has 2 N–H and O–H groups in total. The zero-order valence-corrected chi connectivity index (χ0v) is 7.82. The van der Waals surface area contributed by atoms with Gasteiger partial charge in [-0.15, -0.1) is 0 Å². The lowest BCUT2D eigenvalue weighted by Crippen LogP contribution is -2.15. The molecule has 0 aliphatic heterocycles. The van der Waals surface area contributed by atoms with E-state index in [9.17, 15) is 4.79 Å². The van der Waals surface area contributed by atoms with E-state index >= 15 is 0 Å². The van der Waals surface area contributed by atoms with Crippen LogP contribution in [0, 0.1) is 6.92 Å². The molecule has 0 aliphatic carbocycles. The Labute approximate surface area is 80.0 Å². The van der Waals surface area contributed by atoms with Crippen LogP contribution < -0.4 is 5.56 Å². The number of H-pyrrole nitrogens is 1. The number of hydrogen-bond acceptors (Lipinski definition) is 3. The first-order valence-electron chi connectivity index (χ1n) is 4.40. The lowest BCUT2D eigenvalue weighted by molar-refractivity contribution is 0.299. The van der Waals surface area contributed by atoms with Gasteiger partial charge in [0.25, 0.3) is 5.56 Å². The summed E-state index contributed by atoms with van der Waals surface area (Å²) in [4.78, 5) is 14.1. The summed E-state index contributed by atoms with van der Waals surface area (Å²) in [6.45, 7) is 1.83. The van der Waals surface area contributed by atoms with Crippen LogP contribution in [-0.2, 0) is 6.42 Å². The van der Waals surface area contributed by atoms with E-state index in [1.165, 1.54) is 0 Å². The second kappa shape index (κ2) is 3.26. The zero-order chi connectivity index (χ0) is 10.1. The molecule has 2 aromatic rings. The van der Waals surface area contributed by atoms with Gasteiger partial charge in [0, 0.05) is 30.9 Å². The Balaban J connectivity index is 2.64. The molecule has 0 radical (unpaired) electrons. The van der Waals surface area contributed by atoms with Gasteiger partial charge >= 0.3 is 0 Å². The number of aryl methyl sites for hydroxylation is 1. The van der Waals surface area contributed by atoms with Crippen molar-refractivity contribution in [2.24, 2.45) is 0 Å².